The van der Waals surface area contributed by atoms with E-state index < -0.39 is 0 Å². The molecule has 0 bridgehead atoms. The van der Waals surface area contributed by atoms with Crippen LogP contribution in [0.1, 0.15) is 30.9 Å². The monoisotopic (exact) mass is 383 g/mol. The van der Waals surface area contributed by atoms with Gasteiger partial charge in [-0.3, -0.25) is 9.59 Å². The van der Waals surface area contributed by atoms with Crippen molar-refractivity contribution < 1.29 is 19.1 Å². The zero-order valence-corrected chi connectivity index (χ0v) is 16.9. The van der Waals surface area contributed by atoms with Crippen LogP contribution in [0.4, 0.5) is 0 Å². The summed E-state index contributed by atoms with van der Waals surface area (Å²) in [5, 5.41) is 0. The maximum atomic E-state index is 12.8. The first-order valence-corrected chi connectivity index (χ1v) is 9.58. The van der Waals surface area contributed by atoms with Crippen LogP contribution in [0.3, 0.4) is 0 Å². The average molecular weight is 383 g/mol. The molecule has 0 spiro atoms. The molecule has 0 radical (unpaired) electrons. The molecule has 0 fully saturated rings. The van der Waals surface area contributed by atoms with Crippen LogP contribution >= 0.6 is 0 Å². The van der Waals surface area contributed by atoms with E-state index in [9.17, 15) is 9.59 Å². The Hall–Kier alpha value is -2.82. The zero-order valence-electron chi connectivity index (χ0n) is 16.9. The normalized spacial score (nSPS) is 11.5. The summed E-state index contributed by atoms with van der Waals surface area (Å²) in [7, 11) is 1.37. The number of methoxy groups -OCH3 is 1. The molecule has 0 saturated carbocycles. The largest absolute Gasteiger partial charge is 0.494 e. The maximum Gasteiger partial charge on any atom is 0.310 e. The molecule has 0 aliphatic heterocycles. The van der Waals surface area contributed by atoms with Crippen molar-refractivity contribution >= 4 is 11.9 Å². The number of hydrogen-bond acceptors (Lipinski definition) is 4. The summed E-state index contributed by atoms with van der Waals surface area (Å²) < 4.78 is 10.5. The van der Waals surface area contributed by atoms with Crippen LogP contribution in [0.25, 0.3) is 0 Å². The van der Waals surface area contributed by atoms with E-state index in [0.29, 0.717) is 32.5 Å². The third kappa shape index (κ3) is 7.06. The maximum absolute atomic E-state index is 12.8. The molecule has 1 unspecified atom stereocenters. The number of ether oxygens (including phenoxy) is 2. The fourth-order valence-corrected chi connectivity index (χ4v) is 2.86. The lowest BCUT2D eigenvalue weighted by molar-refractivity contribution is -0.146. The first-order chi connectivity index (χ1) is 13.5. The summed E-state index contributed by atoms with van der Waals surface area (Å²) in [6, 6.07) is 17.6. The second-order valence-electron chi connectivity index (χ2n) is 6.95. The van der Waals surface area contributed by atoms with Gasteiger partial charge in [-0.1, -0.05) is 55.0 Å². The third-order valence-corrected chi connectivity index (χ3v) is 4.49. The molecule has 1 atom stereocenters. The van der Waals surface area contributed by atoms with Crippen LogP contribution in [0.2, 0.25) is 0 Å². The van der Waals surface area contributed by atoms with Crippen molar-refractivity contribution in [3.8, 4) is 5.75 Å². The van der Waals surface area contributed by atoms with Gasteiger partial charge in [-0.05, 0) is 31.0 Å². The van der Waals surface area contributed by atoms with E-state index in [2.05, 4.69) is 0 Å². The molecule has 5 nitrogen and oxygen atoms in total. The van der Waals surface area contributed by atoms with Crippen LogP contribution in [0, 0.1) is 12.8 Å². The van der Waals surface area contributed by atoms with Crippen molar-refractivity contribution in [2.45, 2.75) is 33.2 Å². The Morgan fingerprint density at radius 2 is 1.71 bits per heavy atom. The van der Waals surface area contributed by atoms with Gasteiger partial charge in [0, 0.05) is 19.5 Å². The molecule has 0 aliphatic carbocycles. The molecule has 0 N–H and O–H groups in total. The van der Waals surface area contributed by atoms with Crippen LogP contribution in [-0.2, 0) is 20.9 Å². The summed E-state index contributed by atoms with van der Waals surface area (Å²) in [5.41, 5.74) is 2.21. The van der Waals surface area contributed by atoms with E-state index in [0.717, 1.165) is 11.3 Å². The number of esters is 1. The van der Waals surface area contributed by atoms with Crippen LogP contribution in [-0.4, -0.2) is 37.0 Å². The molecular weight excluding hydrogens is 354 g/mol. The number of carbonyl (C=O) groups excluding carboxylic acids is 2. The molecule has 0 aliphatic rings. The van der Waals surface area contributed by atoms with Gasteiger partial charge in [0.1, 0.15) is 5.75 Å². The van der Waals surface area contributed by atoms with Crippen LogP contribution in [0.15, 0.2) is 54.6 Å². The van der Waals surface area contributed by atoms with Crippen LogP contribution < -0.4 is 4.74 Å². The van der Waals surface area contributed by atoms with E-state index in [4.69, 9.17) is 9.47 Å². The number of aryl methyl sites for hydroxylation is 1. The molecule has 28 heavy (non-hydrogen) atoms. The minimum Gasteiger partial charge on any atom is -0.494 e. The second-order valence-corrected chi connectivity index (χ2v) is 6.95. The Morgan fingerprint density at radius 3 is 2.36 bits per heavy atom. The van der Waals surface area contributed by atoms with E-state index in [1.54, 1.807) is 11.8 Å². The summed E-state index contributed by atoms with van der Waals surface area (Å²) in [6.45, 7) is 5.08. The molecular formula is C23H29NO4. The fourth-order valence-electron chi connectivity index (χ4n) is 2.86. The zero-order chi connectivity index (χ0) is 20.4. The van der Waals surface area contributed by atoms with E-state index in [1.807, 2.05) is 61.5 Å². The standard InChI is InChI=1S/C23H29NO4/c1-18-11-13-20(14-12-18)17-24(16-19(2)23(26)27-3)22(25)10-7-15-28-21-8-5-4-6-9-21/h4-6,8-9,11-14,19H,7,10,15-17H2,1-3H3. The number of hydrogen-bond donors (Lipinski definition) is 0. The van der Waals surface area contributed by atoms with Gasteiger partial charge < -0.3 is 14.4 Å². The van der Waals surface area contributed by atoms with Gasteiger partial charge in [0.15, 0.2) is 0 Å². The molecule has 2 rings (SSSR count). The number of benzene rings is 2. The Bertz CT molecular complexity index is 743. The minimum atomic E-state index is -0.375. The molecule has 2 aromatic rings. The van der Waals surface area contributed by atoms with E-state index >= 15 is 0 Å². The number of para-hydroxylation sites is 1. The van der Waals surface area contributed by atoms with Crippen molar-refractivity contribution in [1.29, 1.82) is 0 Å². The fraction of sp³-hybridized carbons (Fsp3) is 0.391. The van der Waals surface area contributed by atoms with Gasteiger partial charge in [0.25, 0.3) is 0 Å². The van der Waals surface area contributed by atoms with Crippen molar-refractivity contribution in [2.75, 3.05) is 20.3 Å². The van der Waals surface area contributed by atoms with Gasteiger partial charge in [-0.2, -0.15) is 0 Å². The third-order valence-electron chi connectivity index (χ3n) is 4.49. The minimum absolute atomic E-state index is 0.00740. The van der Waals surface area contributed by atoms with Crippen molar-refractivity contribution in [2.24, 2.45) is 5.92 Å². The second kappa shape index (κ2) is 11.1. The highest BCUT2D eigenvalue weighted by Crippen LogP contribution is 2.13. The van der Waals surface area contributed by atoms with Crippen molar-refractivity contribution in [3.05, 3.63) is 65.7 Å². The lowest BCUT2D eigenvalue weighted by atomic mass is 10.1. The molecule has 0 heterocycles. The predicted octanol–water partition coefficient (Wildman–Crippen LogP) is 3.99. The summed E-state index contributed by atoms with van der Waals surface area (Å²) in [6.07, 6.45) is 0.983. The topological polar surface area (TPSA) is 55.8 Å². The molecule has 2 aromatic carbocycles. The number of amides is 1. The molecule has 150 valence electrons. The van der Waals surface area contributed by atoms with Gasteiger partial charge in [0.2, 0.25) is 5.91 Å². The van der Waals surface area contributed by atoms with Crippen LogP contribution in [0.5, 0.6) is 5.75 Å². The Morgan fingerprint density at radius 1 is 1.04 bits per heavy atom. The first kappa shape index (κ1) is 21.5. The van der Waals surface area contributed by atoms with Crippen molar-refractivity contribution in [1.82, 2.24) is 4.90 Å². The van der Waals surface area contributed by atoms with Gasteiger partial charge in [0.05, 0.1) is 19.6 Å². The predicted molar refractivity (Wildman–Crippen MR) is 109 cm³/mol. The first-order valence-electron chi connectivity index (χ1n) is 9.58. The van der Waals surface area contributed by atoms with E-state index in [1.165, 1.54) is 12.7 Å². The lowest BCUT2D eigenvalue weighted by Crippen LogP contribution is -2.37. The van der Waals surface area contributed by atoms with Crippen molar-refractivity contribution in [3.63, 3.8) is 0 Å². The van der Waals surface area contributed by atoms with Gasteiger partial charge in [-0.25, -0.2) is 0 Å². The number of carbonyl (C=O) groups is 2. The summed E-state index contributed by atoms with van der Waals surface area (Å²) >= 11 is 0. The number of nitrogens with zero attached hydrogens (tertiary/aromatic N) is 1. The summed E-state index contributed by atoms with van der Waals surface area (Å²) in [5.74, 6) is 0.118. The Labute approximate surface area is 167 Å². The smallest absolute Gasteiger partial charge is 0.310 e. The number of rotatable bonds is 10. The summed E-state index contributed by atoms with van der Waals surface area (Å²) in [4.78, 5) is 26.3. The SMILES string of the molecule is COC(=O)C(C)CN(Cc1ccc(C)cc1)C(=O)CCCOc1ccccc1. The highest BCUT2D eigenvalue weighted by molar-refractivity contribution is 5.78. The Balaban J connectivity index is 1.92. The highest BCUT2D eigenvalue weighted by Gasteiger charge is 2.21. The van der Waals surface area contributed by atoms with E-state index in [-0.39, 0.29) is 17.8 Å². The molecule has 0 saturated heterocycles. The quantitative estimate of drug-likeness (QED) is 0.460. The molecule has 1 amide bonds. The van der Waals surface area contributed by atoms with Gasteiger partial charge >= 0.3 is 5.97 Å². The average Bonchev–Trinajstić information content (AvgIpc) is 2.72. The highest BCUT2D eigenvalue weighted by atomic mass is 16.5. The van der Waals surface area contributed by atoms with Gasteiger partial charge in [-0.15, -0.1) is 0 Å². The molecule has 0 aromatic heterocycles. The molecule has 5 heteroatoms. The lowest BCUT2D eigenvalue weighted by Gasteiger charge is -2.25. The Kier molecular flexibility index (Phi) is 8.53.